The van der Waals surface area contributed by atoms with Crippen molar-refractivity contribution in [3.63, 3.8) is 0 Å². The molecule has 2 aromatic carbocycles. The standard InChI is InChI=1S/C21H25N3O4/c1-3-4-12-22-20(25)21(26)24-23-14-17-10-11-18(19(13-17)27-2)28-15-16-8-6-5-7-9-16/h5-11,13-14H,3-4,12,15H2,1-2H3,(H,22,25)(H,24,26)/b23-14-. The van der Waals surface area contributed by atoms with Crippen LogP contribution in [-0.4, -0.2) is 31.7 Å². The van der Waals surface area contributed by atoms with Crippen LogP contribution in [0, 0.1) is 0 Å². The average molecular weight is 383 g/mol. The molecule has 0 fully saturated rings. The highest BCUT2D eigenvalue weighted by Crippen LogP contribution is 2.28. The van der Waals surface area contributed by atoms with Crippen molar-refractivity contribution in [1.29, 1.82) is 0 Å². The van der Waals surface area contributed by atoms with E-state index in [1.165, 1.54) is 6.21 Å². The maximum absolute atomic E-state index is 11.6. The van der Waals surface area contributed by atoms with Gasteiger partial charge in [0.2, 0.25) is 0 Å². The molecule has 0 aliphatic carbocycles. The minimum atomic E-state index is -0.804. The molecule has 0 radical (unpaired) electrons. The van der Waals surface area contributed by atoms with Crippen LogP contribution in [0.15, 0.2) is 53.6 Å². The SMILES string of the molecule is CCCCNC(=O)C(=O)N/N=C\c1ccc(OCc2ccccc2)c(OC)c1. The number of methoxy groups -OCH3 is 1. The fourth-order valence-corrected chi connectivity index (χ4v) is 2.29. The minimum absolute atomic E-state index is 0.424. The molecule has 0 aliphatic heterocycles. The molecule has 0 atom stereocenters. The minimum Gasteiger partial charge on any atom is -0.493 e. The number of nitrogens with zero attached hydrogens (tertiary/aromatic N) is 1. The van der Waals surface area contributed by atoms with Crippen molar-refractivity contribution >= 4 is 18.0 Å². The number of carbonyl (C=O) groups is 2. The first-order chi connectivity index (χ1) is 13.6. The van der Waals surface area contributed by atoms with Crippen molar-refractivity contribution in [3.05, 3.63) is 59.7 Å². The van der Waals surface area contributed by atoms with Crippen LogP contribution in [-0.2, 0) is 16.2 Å². The number of rotatable bonds is 9. The molecule has 0 aromatic heterocycles. The van der Waals surface area contributed by atoms with Crippen LogP contribution in [0.5, 0.6) is 11.5 Å². The summed E-state index contributed by atoms with van der Waals surface area (Å²) in [6, 6.07) is 15.1. The van der Waals surface area contributed by atoms with Gasteiger partial charge in [-0.15, -0.1) is 0 Å². The zero-order valence-electron chi connectivity index (χ0n) is 16.1. The largest absolute Gasteiger partial charge is 0.493 e. The molecule has 7 heteroatoms. The number of hydrogen-bond acceptors (Lipinski definition) is 5. The molecule has 2 rings (SSSR count). The molecule has 0 heterocycles. The summed E-state index contributed by atoms with van der Waals surface area (Å²) in [7, 11) is 1.55. The van der Waals surface area contributed by atoms with Crippen molar-refractivity contribution < 1.29 is 19.1 Å². The molecule has 0 unspecified atom stereocenters. The number of benzene rings is 2. The molecule has 7 nitrogen and oxygen atoms in total. The topological polar surface area (TPSA) is 89.0 Å². The highest BCUT2D eigenvalue weighted by atomic mass is 16.5. The molecular formula is C21H25N3O4. The Bertz CT molecular complexity index is 807. The van der Waals surface area contributed by atoms with Crippen LogP contribution in [0.4, 0.5) is 0 Å². The van der Waals surface area contributed by atoms with Crippen LogP contribution in [0.2, 0.25) is 0 Å². The van der Waals surface area contributed by atoms with E-state index in [2.05, 4.69) is 15.8 Å². The molecule has 148 valence electrons. The molecule has 2 aromatic rings. The first-order valence-electron chi connectivity index (χ1n) is 9.10. The lowest BCUT2D eigenvalue weighted by atomic mass is 10.2. The van der Waals surface area contributed by atoms with Gasteiger partial charge in [0.05, 0.1) is 13.3 Å². The van der Waals surface area contributed by atoms with Gasteiger partial charge in [-0.05, 0) is 35.7 Å². The third-order valence-electron chi connectivity index (χ3n) is 3.83. The Morgan fingerprint density at radius 1 is 1.07 bits per heavy atom. The predicted molar refractivity (Wildman–Crippen MR) is 107 cm³/mol. The van der Waals surface area contributed by atoms with E-state index in [1.807, 2.05) is 37.3 Å². The summed E-state index contributed by atoms with van der Waals surface area (Å²) in [5.74, 6) is -0.360. The van der Waals surface area contributed by atoms with Crippen LogP contribution >= 0.6 is 0 Å². The lowest BCUT2D eigenvalue weighted by Crippen LogP contribution is -2.38. The summed E-state index contributed by atoms with van der Waals surface area (Å²) in [6.45, 7) is 2.89. The smallest absolute Gasteiger partial charge is 0.329 e. The van der Waals surface area contributed by atoms with Gasteiger partial charge in [-0.25, -0.2) is 5.43 Å². The van der Waals surface area contributed by atoms with Crippen LogP contribution < -0.4 is 20.2 Å². The lowest BCUT2D eigenvalue weighted by Gasteiger charge is -2.11. The fraction of sp³-hybridized carbons (Fsp3) is 0.286. The number of carbonyl (C=O) groups excluding carboxylic acids is 2. The van der Waals surface area contributed by atoms with Crippen LogP contribution in [0.1, 0.15) is 30.9 Å². The molecule has 28 heavy (non-hydrogen) atoms. The molecule has 2 N–H and O–H groups in total. The second kappa shape index (κ2) is 11.4. The van der Waals surface area contributed by atoms with Gasteiger partial charge in [0.25, 0.3) is 0 Å². The summed E-state index contributed by atoms with van der Waals surface area (Å²) in [5.41, 5.74) is 3.94. The van der Waals surface area contributed by atoms with E-state index in [1.54, 1.807) is 25.3 Å². The van der Waals surface area contributed by atoms with E-state index in [0.29, 0.717) is 30.2 Å². The molecule has 0 spiro atoms. The Hall–Kier alpha value is -3.35. The average Bonchev–Trinajstić information content (AvgIpc) is 2.73. The first kappa shape index (κ1) is 21.0. The number of ether oxygens (including phenoxy) is 2. The van der Waals surface area contributed by atoms with Gasteiger partial charge in [0.1, 0.15) is 6.61 Å². The van der Waals surface area contributed by atoms with E-state index in [0.717, 1.165) is 18.4 Å². The van der Waals surface area contributed by atoms with Crippen molar-refractivity contribution in [1.82, 2.24) is 10.7 Å². The van der Waals surface area contributed by atoms with E-state index >= 15 is 0 Å². The van der Waals surface area contributed by atoms with E-state index in [-0.39, 0.29) is 0 Å². The molecule has 0 saturated heterocycles. The van der Waals surface area contributed by atoms with Crippen molar-refractivity contribution in [3.8, 4) is 11.5 Å². The Kier molecular flexibility index (Phi) is 8.52. The second-order valence-electron chi connectivity index (χ2n) is 5.99. The Morgan fingerprint density at radius 3 is 2.57 bits per heavy atom. The second-order valence-corrected chi connectivity index (χ2v) is 5.99. The monoisotopic (exact) mass is 383 g/mol. The summed E-state index contributed by atoms with van der Waals surface area (Å²) in [4.78, 5) is 23.2. The van der Waals surface area contributed by atoms with Crippen molar-refractivity contribution in [2.24, 2.45) is 5.10 Å². The normalized spacial score (nSPS) is 10.5. The summed E-state index contributed by atoms with van der Waals surface area (Å²) in [5, 5.41) is 6.33. The maximum Gasteiger partial charge on any atom is 0.329 e. The fourth-order valence-electron chi connectivity index (χ4n) is 2.29. The van der Waals surface area contributed by atoms with Gasteiger partial charge in [0.15, 0.2) is 11.5 Å². The van der Waals surface area contributed by atoms with E-state index < -0.39 is 11.8 Å². The zero-order chi connectivity index (χ0) is 20.2. The molecule has 0 saturated carbocycles. The van der Waals surface area contributed by atoms with Crippen molar-refractivity contribution in [2.75, 3.05) is 13.7 Å². The zero-order valence-corrected chi connectivity index (χ0v) is 16.1. The predicted octanol–water partition coefficient (Wildman–Crippen LogP) is 2.64. The lowest BCUT2D eigenvalue weighted by molar-refractivity contribution is -0.139. The first-order valence-corrected chi connectivity index (χ1v) is 9.10. The van der Waals surface area contributed by atoms with Crippen LogP contribution in [0.3, 0.4) is 0 Å². The van der Waals surface area contributed by atoms with E-state index in [4.69, 9.17) is 9.47 Å². The molecule has 2 amide bonds. The molecule has 0 bridgehead atoms. The van der Waals surface area contributed by atoms with Crippen LogP contribution in [0.25, 0.3) is 0 Å². The number of nitrogens with one attached hydrogen (secondary N) is 2. The van der Waals surface area contributed by atoms with Gasteiger partial charge in [-0.1, -0.05) is 43.7 Å². The quantitative estimate of drug-likeness (QED) is 0.302. The number of hydrogen-bond donors (Lipinski definition) is 2. The maximum atomic E-state index is 11.6. The third-order valence-corrected chi connectivity index (χ3v) is 3.83. The Labute approximate surface area is 164 Å². The number of amides is 2. The van der Waals surface area contributed by atoms with Gasteiger partial charge < -0.3 is 14.8 Å². The van der Waals surface area contributed by atoms with Crippen molar-refractivity contribution in [2.45, 2.75) is 26.4 Å². The highest BCUT2D eigenvalue weighted by molar-refractivity contribution is 6.35. The summed E-state index contributed by atoms with van der Waals surface area (Å²) >= 11 is 0. The number of hydrazone groups is 1. The third kappa shape index (κ3) is 6.75. The Morgan fingerprint density at radius 2 is 1.86 bits per heavy atom. The summed E-state index contributed by atoms with van der Waals surface area (Å²) < 4.78 is 11.2. The molecular weight excluding hydrogens is 358 g/mol. The van der Waals surface area contributed by atoms with Gasteiger partial charge in [-0.3, -0.25) is 9.59 Å². The highest BCUT2D eigenvalue weighted by Gasteiger charge is 2.11. The summed E-state index contributed by atoms with van der Waals surface area (Å²) in [6.07, 6.45) is 3.19. The van der Waals surface area contributed by atoms with Gasteiger partial charge in [-0.2, -0.15) is 5.10 Å². The number of unbranched alkanes of at least 4 members (excludes halogenated alkanes) is 1. The molecule has 0 aliphatic rings. The Balaban J connectivity index is 1.90. The van der Waals surface area contributed by atoms with Gasteiger partial charge >= 0.3 is 11.8 Å². The van der Waals surface area contributed by atoms with E-state index in [9.17, 15) is 9.59 Å². The van der Waals surface area contributed by atoms with Gasteiger partial charge in [0, 0.05) is 6.54 Å².